The van der Waals surface area contributed by atoms with Crippen LogP contribution in [0.2, 0.25) is 0 Å². The van der Waals surface area contributed by atoms with E-state index in [4.69, 9.17) is 12.8 Å². The van der Waals surface area contributed by atoms with Gasteiger partial charge in [0.15, 0.2) is 0 Å². The first-order valence-electron chi connectivity index (χ1n) is 2.67. The van der Waals surface area contributed by atoms with Crippen LogP contribution in [0.3, 0.4) is 0 Å². The number of terminal acetylenes is 2. The van der Waals surface area contributed by atoms with E-state index in [0.717, 1.165) is 6.42 Å². The lowest BCUT2D eigenvalue weighted by Gasteiger charge is -1.91. The molecule has 0 saturated heterocycles. The Balaban J connectivity index is 2.62. The van der Waals surface area contributed by atoms with Crippen molar-refractivity contribution in [3.8, 4) is 24.7 Å². The summed E-state index contributed by atoms with van der Waals surface area (Å²) >= 11 is 0. The number of rotatable bonds is 0. The van der Waals surface area contributed by atoms with Gasteiger partial charge in [-0.2, -0.15) is 0 Å². The van der Waals surface area contributed by atoms with E-state index in [1.807, 2.05) is 6.92 Å². The van der Waals surface area contributed by atoms with Crippen LogP contribution in [0.4, 0.5) is 0 Å². The highest BCUT2D eigenvalue weighted by atomic mass is 14.5. The molecule has 2 atom stereocenters. The second-order valence-electron chi connectivity index (χ2n) is 2.49. The molecule has 0 amide bonds. The molecule has 0 heteroatoms. The SMILES string of the molecule is C#CC1CC1(C)C#C. The van der Waals surface area contributed by atoms with E-state index in [1.54, 1.807) is 0 Å². The minimum Gasteiger partial charge on any atom is -0.120 e. The first-order valence-corrected chi connectivity index (χ1v) is 2.67. The summed E-state index contributed by atoms with van der Waals surface area (Å²) in [5.41, 5.74) is 0.0503. The van der Waals surface area contributed by atoms with Crippen LogP contribution in [-0.2, 0) is 0 Å². The molecule has 40 valence electrons. The molecule has 0 radical (unpaired) electrons. The van der Waals surface area contributed by atoms with Crippen molar-refractivity contribution in [2.45, 2.75) is 13.3 Å². The Kier molecular flexibility index (Phi) is 0.853. The van der Waals surface area contributed by atoms with Gasteiger partial charge < -0.3 is 0 Å². The van der Waals surface area contributed by atoms with Crippen LogP contribution in [-0.4, -0.2) is 0 Å². The molecule has 1 rings (SSSR count). The standard InChI is InChI=1S/C8H8/c1-4-7-6-8(7,3)5-2/h1-2,7H,6H2,3H3. The maximum Gasteiger partial charge on any atom is 0.0433 e. The van der Waals surface area contributed by atoms with Crippen LogP contribution in [0, 0.1) is 36.0 Å². The summed E-state index contributed by atoms with van der Waals surface area (Å²) in [6.07, 6.45) is 11.3. The second-order valence-corrected chi connectivity index (χ2v) is 2.49. The third kappa shape index (κ3) is 0.505. The van der Waals surface area contributed by atoms with Gasteiger partial charge in [-0.05, 0) is 13.3 Å². The Morgan fingerprint density at radius 1 is 1.62 bits per heavy atom. The molecule has 0 nitrogen and oxygen atoms in total. The van der Waals surface area contributed by atoms with E-state index in [0.29, 0.717) is 5.92 Å². The smallest absolute Gasteiger partial charge is 0.0433 e. The Morgan fingerprint density at radius 3 is 2.38 bits per heavy atom. The molecule has 8 heavy (non-hydrogen) atoms. The van der Waals surface area contributed by atoms with Gasteiger partial charge in [0.2, 0.25) is 0 Å². The summed E-state index contributed by atoms with van der Waals surface area (Å²) < 4.78 is 0. The van der Waals surface area contributed by atoms with Crippen molar-refractivity contribution in [2.24, 2.45) is 11.3 Å². The highest BCUT2D eigenvalue weighted by Crippen LogP contribution is 2.50. The fraction of sp³-hybridized carbons (Fsp3) is 0.500. The maximum absolute atomic E-state index is 5.19. The van der Waals surface area contributed by atoms with Crippen molar-refractivity contribution in [1.82, 2.24) is 0 Å². The lowest BCUT2D eigenvalue weighted by Crippen LogP contribution is -1.89. The minimum absolute atomic E-state index is 0.0503. The fourth-order valence-corrected chi connectivity index (χ4v) is 0.767. The Morgan fingerprint density at radius 2 is 2.25 bits per heavy atom. The Hall–Kier alpha value is -0.880. The van der Waals surface area contributed by atoms with Crippen LogP contribution in [0.15, 0.2) is 0 Å². The molecule has 0 bridgehead atoms. The molecule has 1 fully saturated rings. The third-order valence-electron chi connectivity index (χ3n) is 1.77. The van der Waals surface area contributed by atoms with Gasteiger partial charge in [0, 0.05) is 11.3 Å². The summed E-state index contributed by atoms with van der Waals surface area (Å²) in [7, 11) is 0. The van der Waals surface area contributed by atoms with E-state index in [9.17, 15) is 0 Å². The largest absolute Gasteiger partial charge is 0.120 e. The molecule has 0 aromatic rings. The molecular formula is C8H8. The summed E-state index contributed by atoms with van der Waals surface area (Å²) in [5.74, 6) is 5.67. The van der Waals surface area contributed by atoms with Gasteiger partial charge in [-0.1, -0.05) is 5.92 Å². The predicted molar refractivity (Wildman–Crippen MR) is 33.9 cm³/mol. The Labute approximate surface area is 50.3 Å². The van der Waals surface area contributed by atoms with Gasteiger partial charge >= 0.3 is 0 Å². The average Bonchev–Trinajstić information content (AvgIpc) is 2.44. The quantitative estimate of drug-likeness (QED) is 0.406. The summed E-state index contributed by atoms with van der Waals surface area (Å²) in [4.78, 5) is 0. The van der Waals surface area contributed by atoms with Gasteiger partial charge in [0.25, 0.3) is 0 Å². The summed E-state index contributed by atoms with van der Waals surface area (Å²) in [5, 5.41) is 0. The zero-order chi connectivity index (χ0) is 6.20. The van der Waals surface area contributed by atoms with Gasteiger partial charge in [-0.25, -0.2) is 0 Å². The summed E-state index contributed by atoms with van der Waals surface area (Å²) in [6, 6.07) is 0. The van der Waals surface area contributed by atoms with Crippen LogP contribution in [0.1, 0.15) is 13.3 Å². The zero-order valence-corrected chi connectivity index (χ0v) is 4.94. The molecule has 0 aromatic carbocycles. The Bertz CT molecular complexity index is 177. The molecule has 0 aromatic heterocycles. The maximum atomic E-state index is 5.19. The molecule has 1 aliphatic carbocycles. The topological polar surface area (TPSA) is 0 Å². The fourth-order valence-electron chi connectivity index (χ4n) is 0.767. The second kappa shape index (κ2) is 1.30. The normalized spacial score (nSPS) is 42.1. The van der Waals surface area contributed by atoms with E-state index in [1.165, 1.54) is 0 Å². The van der Waals surface area contributed by atoms with E-state index in [2.05, 4.69) is 11.8 Å². The lowest BCUT2D eigenvalue weighted by molar-refractivity contribution is 0.738. The summed E-state index contributed by atoms with van der Waals surface area (Å²) in [6.45, 7) is 2.03. The van der Waals surface area contributed by atoms with Crippen molar-refractivity contribution in [3.05, 3.63) is 0 Å². The molecular weight excluding hydrogens is 96.1 g/mol. The molecule has 1 saturated carbocycles. The first kappa shape index (κ1) is 5.26. The minimum atomic E-state index is 0.0503. The first-order chi connectivity index (χ1) is 3.73. The average molecular weight is 104 g/mol. The van der Waals surface area contributed by atoms with Crippen LogP contribution < -0.4 is 0 Å². The monoisotopic (exact) mass is 104 g/mol. The van der Waals surface area contributed by atoms with Gasteiger partial charge in [-0.15, -0.1) is 18.8 Å². The van der Waals surface area contributed by atoms with Crippen molar-refractivity contribution in [3.63, 3.8) is 0 Å². The molecule has 0 N–H and O–H groups in total. The number of hydrogen-bond acceptors (Lipinski definition) is 0. The highest BCUT2D eigenvalue weighted by Gasteiger charge is 2.47. The van der Waals surface area contributed by atoms with Crippen molar-refractivity contribution in [2.75, 3.05) is 0 Å². The van der Waals surface area contributed by atoms with E-state index < -0.39 is 0 Å². The highest BCUT2D eigenvalue weighted by molar-refractivity contribution is 5.25. The van der Waals surface area contributed by atoms with Gasteiger partial charge in [0.1, 0.15) is 0 Å². The van der Waals surface area contributed by atoms with Crippen molar-refractivity contribution < 1.29 is 0 Å². The zero-order valence-electron chi connectivity index (χ0n) is 4.94. The van der Waals surface area contributed by atoms with Gasteiger partial charge in [-0.3, -0.25) is 0 Å². The van der Waals surface area contributed by atoms with E-state index in [-0.39, 0.29) is 5.41 Å². The molecule has 0 spiro atoms. The molecule has 0 aliphatic heterocycles. The molecule has 1 aliphatic rings. The van der Waals surface area contributed by atoms with Crippen LogP contribution in [0.25, 0.3) is 0 Å². The van der Waals surface area contributed by atoms with Crippen molar-refractivity contribution >= 4 is 0 Å². The van der Waals surface area contributed by atoms with Gasteiger partial charge in [0.05, 0.1) is 0 Å². The van der Waals surface area contributed by atoms with Crippen molar-refractivity contribution in [1.29, 1.82) is 0 Å². The third-order valence-corrected chi connectivity index (χ3v) is 1.77. The van der Waals surface area contributed by atoms with E-state index >= 15 is 0 Å². The van der Waals surface area contributed by atoms with Crippen LogP contribution in [0.5, 0.6) is 0 Å². The van der Waals surface area contributed by atoms with Crippen LogP contribution >= 0.6 is 0 Å². The molecule has 0 heterocycles. The molecule has 2 unspecified atom stereocenters. The predicted octanol–water partition coefficient (Wildman–Crippen LogP) is 1.28. The number of hydrogen-bond donors (Lipinski definition) is 0. The lowest BCUT2D eigenvalue weighted by atomic mass is 10.1.